The monoisotopic (exact) mass is 579 g/mol. The summed E-state index contributed by atoms with van der Waals surface area (Å²) in [4.78, 5) is 38.9. The quantitative estimate of drug-likeness (QED) is 0.356. The minimum absolute atomic E-state index is 0.153. The van der Waals surface area contributed by atoms with Crippen LogP contribution in [0.5, 0.6) is 0 Å². The zero-order chi connectivity index (χ0) is 29.2. The van der Waals surface area contributed by atoms with E-state index in [-0.39, 0.29) is 17.4 Å². The molecule has 4 aromatic rings. The number of hydrogen-bond donors (Lipinski definition) is 1. The number of halogens is 1. The maximum absolute atomic E-state index is 13.5. The molecule has 0 saturated carbocycles. The van der Waals surface area contributed by atoms with Gasteiger partial charge < -0.3 is 15.0 Å². The average molecular weight is 580 g/mol. The number of carbonyl (C=O) groups excluding carboxylic acids is 3. The smallest absolute Gasteiger partial charge is 0.247 e. The van der Waals surface area contributed by atoms with E-state index in [4.69, 9.17) is 16.3 Å². The topological polar surface area (TPSA) is 124 Å². The molecule has 7 rings (SSSR count). The molecule has 1 fully saturated rings. The molecule has 11 nitrogen and oxygen atoms in total. The lowest BCUT2D eigenvalue weighted by atomic mass is 9.98. The fraction of sp³-hybridized carbons (Fsp3) is 0.200. The Balaban J connectivity index is 1.17. The first-order chi connectivity index (χ1) is 20.3. The van der Waals surface area contributed by atoms with Gasteiger partial charge >= 0.3 is 0 Å². The number of tetrazole rings is 1. The van der Waals surface area contributed by atoms with Crippen molar-refractivity contribution >= 4 is 57.3 Å². The van der Waals surface area contributed by atoms with E-state index >= 15 is 0 Å². The summed E-state index contributed by atoms with van der Waals surface area (Å²) in [5.41, 5.74) is 4.59. The summed E-state index contributed by atoms with van der Waals surface area (Å²) in [7, 11) is 0. The van der Waals surface area contributed by atoms with Crippen molar-refractivity contribution in [1.82, 2.24) is 29.7 Å². The van der Waals surface area contributed by atoms with Gasteiger partial charge in [-0.1, -0.05) is 11.6 Å². The van der Waals surface area contributed by atoms with E-state index in [2.05, 4.69) is 20.8 Å². The van der Waals surface area contributed by atoms with Crippen molar-refractivity contribution in [1.29, 1.82) is 0 Å². The normalized spacial score (nSPS) is 18.5. The van der Waals surface area contributed by atoms with Gasteiger partial charge in [-0.3, -0.25) is 9.36 Å². The molecule has 1 N–H and O–H groups in total. The van der Waals surface area contributed by atoms with Gasteiger partial charge in [-0.25, -0.2) is 9.59 Å². The lowest BCUT2D eigenvalue weighted by molar-refractivity contribution is -0.119. The minimum atomic E-state index is -0.739. The van der Waals surface area contributed by atoms with Crippen LogP contribution in [0.1, 0.15) is 37.9 Å². The number of anilines is 1. The summed E-state index contributed by atoms with van der Waals surface area (Å²) >= 11 is 6.33. The molecule has 1 saturated heterocycles. The lowest BCUT2D eigenvalue weighted by Crippen LogP contribution is -2.39. The Morgan fingerprint density at radius 3 is 2.74 bits per heavy atom. The minimum Gasteiger partial charge on any atom is -0.455 e. The first kappa shape index (κ1) is 25.7. The Morgan fingerprint density at radius 2 is 1.98 bits per heavy atom. The number of carbonyl (C=O) groups is 1. The number of nitrogens with zero attached hydrogens (tertiary/aromatic N) is 6. The van der Waals surface area contributed by atoms with Crippen LogP contribution in [0.2, 0.25) is 5.02 Å². The van der Waals surface area contributed by atoms with Crippen LogP contribution in [0.15, 0.2) is 72.3 Å². The third-order valence-electron chi connectivity index (χ3n) is 7.73. The molecule has 3 aliphatic heterocycles. The Kier molecular flexibility index (Phi) is 5.78. The van der Waals surface area contributed by atoms with Crippen LogP contribution in [0.25, 0.3) is 27.9 Å². The summed E-state index contributed by atoms with van der Waals surface area (Å²) in [6.45, 7) is 3.74. The standard InChI is InChI=1S/C30H22ClN7O4/c1-30(2)38-24-7-4-20(9-18(24)12-27(38)28(15-40)42-30)33-29(41)26-8-5-21-10-17(11-22(14-39)37(21)26)23-13-19(31)3-6-25(23)36-16-32-34-35-36/h3-4,6-7,9-13,16,26H,5,8H2,1-2H3,(H,33,41)/t26-/m0/s1. The van der Waals surface area contributed by atoms with E-state index in [1.807, 2.05) is 60.6 Å². The SMILES string of the molecule is CC1(C)OC(=C=O)c2cc3cc(NC(=O)[C@@H]4CCC5=CC(c6cc(Cl)ccc6-n6cnnn6)=CC(=C=O)N54)ccc3n21. The van der Waals surface area contributed by atoms with Gasteiger partial charge in [-0.05, 0) is 97.3 Å². The molecule has 12 heteroatoms. The molecule has 0 radical (unpaired) electrons. The number of benzene rings is 2. The Hall–Kier alpha value is -5.21. The van der Waals surface area contributed by atoms with Gasteiger partial charge in [0.2, 0.25) is 11.7 Å². The second-order valence-corrected chi connectivity index (χ2v) is 11.1. The van der Waals surface area contributed by atoms with Crippen LogP contribution >= 0.6 is 11.6 Å². The van der Waals surface area contributed by atoms with Crippen molar-refractivity contribution in [2.24, 2.45) is 0 Å². The number of fused-ring (bicyclic) bond motifs is 4. The number of aromatic nitrogens is 5. The summed E-state index contributed by atoms with van der Waals surface area (Å²) in [6, 6.07) is 12.1. The predicted molar refractivity (Wildman–Crippen MR) is 154 cm³/mol. The highest BCUT2D eigenvalue weighted by molar-refractivity contribution is 6.30. The van der Waals surface area contributed by atoms with E-state index in [1.165, 1.54) is 11.0 Å². The fourth-order valence-electron chi connectivity index (χ4n) is 6.02. The van der Waals surface area contributed by atoms with E-state index < -0.39 is 11.8 Å². The van der Waals surface area contributed by atoms with Crippen molar-refractivity contribution < 1.29 is 19.1 Å². The van der Waals surface area contributed by atoms with Gasteiger partial charge in [0.05, 0.1) is 16.9 Å². The Labute approximate surface area is 244 Å². The first-order valence-corrected chi connectivity index (χ1v) is 13.6. The predicted octanol–water partition coefficient (Wildman–Crippen LogP) is 4.27. The van der Waals surface area contributed by atoms with Crippen molar-refractivity contribution in [2.75, 3.05) is 5.32 Å². The van der Waals surface area contributed by atoms with Crippen LogP contribution in [0.3, 0.4) is 0 Å². The number of allylic oxidation sites excluding steroid dienone is 4. The molecule has 3 aliphatic rings. The third-order valence-corrected chi connectivity index (χ3v) is 7.96. The summed E-state index contributed by atoms with van der Waals surface area (Å²) in [5, 5.41) is 15.8. The van der Waals surface area contributed by atoms with Gasteiger partial charge in [0.25, 0.3) is 0 Å². The summed E-state index contributed by atoms with van der Waals surface area (Å²) in [5.74, 6) is 3.80. The van der Waals surface area contributed by atoms with Crippen molar-refractivity contribution in [3.63, 3.8) is 0 Å². The van der Waals surface area contributed by atoms with Crippen molar-refractivity contribution in [2.45, 2.75) is 38.5 Å². The number of rotatable bonds is 4. The molecule has 1 amide bonds. The van der Waals surface area contributed by atoms with Crippen molar-refractivity contribution in [3.8, 4) is 5.69 Å². The highest BCUT2D eigenvalue weighted by Gasteiger charge is 2.39. The second-order valence-electron chi connectivity index (χ2n) is 10.7. The lowest BCUT2D eigenvalue weighted by Gasteiger charge is -2.29. The molecule has 1 atom stereocenters. The molecule has 2 aromatic heterocycles. The van der Waals surface area contributed by atoms with E-state index in [0.29, 0.717) is 34.9 Å². The maximum atomic E-state index is 13.5. The molecular weight excluding hydrogens is 558 g/mol. The zero-order valence-electron chi connectivity index (χ0n) is 22.5. The molecule has 2 aromatic carbocycles. The number of hydrogen-bond acceptors (Lipinski definition) is 8. The molecule has 0 aliphatic carbocycles. The number of ether oxygens (including phenoxy) is 1. The molecule has 5 heterocycles. The van der Waals surface area contributed by atoms with Crippen LogP contribution < -0.4 is 5.32 Å². The third kappa shape index (κ3) is 3.99. The maximum Gasteiger partial charge on any atom is 0.247 e. The molecule has 0 unspecified atom stereocenters. The molecule has 0 bridgehead atoms. The highest BCUT2D eigenvalue weighted by atomic mass is 35.5. The molecule has 0 spiro atoms. The van der Waals surface area contributed by atoms with Crippen LogP contribution in [-0.4, -0.2) is 53.5 Å². The van der Waals surface area contributed by atoms with Crippen LogP contribution in [0, 0.1) is 0 Å². The van der Waals surface area contributed by atoms with E-state index in [1.54, 1.807) is 29.2 Å². The number of amides is 1. The molecule has 208 valence electrons. The largest absolute Gasteiger partial charge is 0.455 e. The first-order valence-electron chi connectivity index (χ1n) is 13.2. The summed E-state index contributed by atoms with van der Waals surface area (Å²) in [6.07, 6.45) is 6.22. The second kappa shape index (κ2) is 9.43. The molecular formula is C30H22ClN7O4. The Morgan fingerprint density at radius 1 is 1.12 bits per heavy atom. The molecule has 42 heavy (non-hydrogen) atoms. The van der Waals surface area contributed by atoms with Gasteiger partial charge in [0, 0.05) is 27.4 Å². The number of nitrogens with one attached hydrogen (secondary N) is 1. The van der Waals surface area contributed by atoms with Crippen LogP contribution in [0.4, 0.5) is 5.69 Å². The van der Waals surface area contributed by atoms with Gasteiger partial charge in [0.1, 0.15) is 18.1 Å². The van der Waals surface area contributed by atoms with Crippen LogP contribution in [-0.2, 0) is 24.8 Å². The van der Waals surface area contributed by atoms with E-state index in [9.17, 15) is 14.4 Å². The highest BCUT2D eigenvalue weighted by Crippen LogP contribution is 2.42. The van der Waals surface area contributed by atoms with E-state index in [0.717, 1.165) is 27.7 Å². The zero-order valence-corrected chi connectivity index (χ0v) is 23.2. The van der Waals surface area contributed by atoms with Gasteiger partial charge in [-0.2, -0.15) is 4.68 Å². The van der Waals surface area contributed by atoms with Crippen molar-refractivity contribution in [3.05, 3.63) is 88.6 Å². The van der Waals surface area contributed by atoms with Gasteiger partial charge in [0.15, 0.2) is 17.6 Å². The average Bonchev–Trinajstić information content (AvgIpc) is 3.76. The van der Waals surface area contributed by atoms with Gasteiger partial charge in [-0.15, -0.1) is 5.10 Å². The fourth-order valence-corrected chi connectivity index (χ4v) is 6.19. The summed E-state index contributed by atoms with van der Waals surface area (Å²) < 4.78 is 9.19. The Bertz CT molecular complexity index is 1980.